The summed E-state index contributed by atoms with van der Waals surface area (Å²) in [6.45, 7) is -1.54. The van der Waals surface area contributed by atoms with Gasteiger partial charge in [-0.2, -0.15) is 18.4 Å². The second kappa shape index (κ2) is 6.02. The van der Waals surface area contributed by atoms with E-state index in [1.165, 1.54) is 12.1 Å². The van der Waals surface area contributed by atoms with Gasteiger partial charge in [-0.1, -0.05) is 12.1 Å². The van der Waals surface area contributed by atoms with Crippen LogP contribution in [0.1, 0.15) is 11.1 Å². The minimum atomic E-state index is -4.48. The van der Waals surface area contributed by atoms with Gasteiger partial charge >= 0.3 is 6.18 Å². The van der Waals surface area contributed by atoms with Crippen molar-refractivity contribution in [1.29, 1.82) is 5.26 Å². The third-order valence-corrected chi connectivity index (χ3v) is 1.87. The number of carbonyl (C=O) groups is 1. The number of nitriles is 1. The van der Waals surface area contributed by atoms with Crippen LogP contribution in [0.3, 0.4) is 0 Å². The first kappa shape index (κ1) is 14.0. The molecule has 0 aromatic heterocycles. The zero-order valence-electron chi connectivity index (χ0n) is 9.12. The van der Waals surface area contributed by atoms with Crippen molar-refractivity contribution in [1.82, 2.24) is 5.48 Å². The van der Waals surface area contributed by atoms with Crippen LogP contribution in [0.5, 0.6) is 0 Å². The molecule has 4 nitrogen and oxygen atoms in total. The molecule has 0 heterocycles. The van der Waals surface area contributed by atoms with E-state index in [4.69, 9.17) is 5.26 Å². The Morgan fingerprint density at radius 2 is 1.94 bits per heavy atom. The molecule has 18 heavy (non-hydrogen) atoms. The van der Waals surface area contributed by atoms with Gasteiger partial charge in [0.2, 0.25) is 5.91 Å². The van der Waals surface area contributed by atoms with Crippen molar-refractivity contribution in [3.05, 3.63) is 35.4 Å². The van der Waals surface area contributed by atoms with Gasteiger partial charge in [-0.25, -0.2) is 5.48 Å². The number of alkyl halides is 3. The van der Waals surface area contributed by atoms with Crippen LogP contribution >= 0.6 is 0 Å². The molecule has 0 saturated carbocycles. The topological polar surface area (TPSA) is 62.1 Å². The van der Waals surface area contributed by atoms with Gasteiger partial charge in [-0.15, -0.1) is 0 Å². The first-order chi connectivity index (χ1) is 8.40. The van der Waals surface area contributed by atoms with Crippen LogP contribution in [0.25, 0.3) is 0 Å². The summed E-state index contributed by atoms with van der Waals surface area (Å²) in [6, 6.07) is 8.02. The summed E-state index contributed by atoms with van der Waals surface area (Å²) in [7, 11) is 0. The van der Waals surface area contributed by atoms with Crippen LogP contribution < -0.4 is 5.48 Å². The van der Waals surface area contributed by atoms with Crippen LogP contribution in [-0.2, 0) is 16.1 Å². The van der Waals surface area contributed by atoms with Gasteiger partial charge in [0, 0.05) is 0 Å². The molecule has 1 amide bonds. The molecule has 0 saturated heterocycles. The highest BCUT2D eigenvalue weighted by atomic mass is 19.4. The maximum atomic E-state index is 11.7. The summed E-state index contributed by atoms with van der Waals surface area (Å²) >= 11 is 0. The number of hydroxylamine groups is 1. The molecule has 1 aromatic carbocycles. The SMILES string of the molecule is N#Cc1ccc(CC(=O)NOCC(F)(F)F)cc1. The zero-order chi connectivity index (χ0) is 13.6. The molecule has 0 atom stereocenters. The summed E-state index contributed by atoms with van der Waals surface area (Å²) in [5.41, 5.74) is 2.70. The van der Waals surface area contributed by atoms with Crippen molar-refractivity contribution in [3.63, 3.8) is 0 Å². The van der Waals surface area contributed by atoms with Gasteiger partial charge < -0.3 is 0 Å². The lowest BCUT2D eigenvalue weighted by atomic mass is 10.1. The number of amides is 1. The summed E-state index contributed by atoms with van der Waals surface area (Å²) in [4.78, 5) is 15.2. The molecule has 7 heteroatoms. The highest BCUT2D eigenvalue weighted by Gasteiger charge is 2.28. The van der Waals surface area contributed by atoms with Crippen molar-refractivity contribution < 1.29 is 22.8 Å². The molecule has 0 aliphatic heterocycles. The molecule has 1 N–H and O–H groups in total. The van der Waals surface area contributed by atoms with Crippen LogP contribution in [0.15, 0.2) is 24.3 Å². The molecule has 0 aliphatic carbocycles. The van der Waals surface area contributed by atoms with E-state index in [0.717, 1.165) is 0 Å². The molecule has 0 spiro atoms. The van der Waals surface area contributed by atoms with Crippen molar-refractivity contribution >= 4 is 5.91 Å². The lowest BCUT2D eigenvalue weighted by molar-refractivity contribution is -0.191. The molecule has 0 radical (unpaired) electrons. The fourth-order valence-corrected chi connectivity index (χ4v) is 1.12. The van der Waals surface area contributed by atoms with E-state index in [0.29, 0.717) is 11.1 Å². The number of carbonyl (C=O) groups excluding carboxylic acids is 1. The minimum absolute atomic E-state index is 0.121. The highest BCUT2D eigenvalue weighted by molar-refractivity contribution is 5.77. The van der Waals surface area contributed by atoms with Crippen LogP contribution in [0, 0.1) is 11.3 Å². The Morgan fingerprint density at radius 1 is 1.33 bits per heavy atom. The number of nitrogens with one attached hydrogen (secondary N) is 1. The van der Waals surface area contributed by atoms with Gasteiger partial charge in [0.05, 0.1) is 18.1 Å². The predicted molar refractivity (Wildman–Crippen MR) is 55.0 cm³/mol. The fourth-order valence-electron chi connectivity index (χ4n) is 1.12. The Kier molecular flexibility index (Phi) is 4.68. The summed E-state index contributed by atoms with van der Waals surface area (Å²) in [5, 5.41) is 8.55. The van der Waals surface area contributed by atoms with E-state index >= 15 is 0 Å². The van der Waals surface area contributed by atoms with Gasteiger partial charge in [0.1, 0.15) is 0 Å². The van der Waals surface area contributed by atoms with Crippen LogP contribution in [0.2, 0.25) is 0 Å². The minimum Gasteiger partial charge on any atom is -0.272 e. The first-order valence-corrected chi connectivity index (χ1v) is 4.87. The second-order valence-corrected chi connectivity index (χ2v) is 3.41. The Morgan fingerprint density at radius 3 is 2.44 bits per heavy atom. The Balaban J connectivity index is 2.38. The number of rotatable bonds is 4. The molecule has 0 aliphatic rings. The largest absolute Gasteiger partial charge is 0.414 e. The van der Waals surface area contributed by atoms with Crippen LogP contribution in [-0.4, -0.2) is 18.7 Å². The van der Waals surface area contributed by atoms with Crippen molar-refractivity contribution in [2.45, 2.75) is 12.6 Å². The molecular weight excluding hydrogens is 249 g/mol. The maximum Gasteiger partial charge on any atom is 0.414 e. The van der Waals surface area contributed by atoms with Crippen LogP contribution in [0.4, 0.5) is 13.2 Å². The van der Waals surface area contributed by atoms with E-state index in [2.05, 4.69) is 4.84 Å². The Hall–Kier alpha value is -2.07. The second-order valence-electron chi connectivity index (χ2n) is 3.41. The molecule has 0 fully saturated rings. The number of hydrogen-bond donors (Lipinski definition) is 1. The number of hydrogen-bond acceptors (Lipinski definition) is 3. The van der Waals surface area contributed by atoms with Crippen molar-refractivity contribution in [2.75, 3.05) is 6.61 Å². The fraction of sp³-hybridized carbons (Fsp3) is 0.273. The van der Waals surface area contributed by atoms with E-state index in [9.17, 15) is 18.0 Å². The smallest absolute Gasteiger partial charge is 0.272 e. The standard InChI is InChI=1S/C11H9F3N2O2/c12-11(13,14)7-18-16-10(17)5-8-1-3-9(6-15)4-2-8/h1-4H,5,7H2,(H,16,17). The van der Waals surface area contributed by atoms with E-state index in [-0.39, 0.29) is 6.42 Å². The van der Waals surface area contributed by atoms with Gasteiger partial charge in [-0.05, 0) is 17.7 Å². The lowest BCUT2D eigenvalue weighted by Gasteiger charge is -2.08. The lowest BCUT2D eigenvalue weighted by Crippen LogP contribution is -2.30. The van der Waals surface area contributed by atoms with Gasteiger partial charge in [0.25, 0.3) is 0 Å². The summed E-state index contributed by atoms with van der Waals surface area (Å²) < 4.78 is 35.1. The van der Waals surface area contributed by atoms with Gasteiger partial charge in [-0.3, -0.25) is 9.63 Å². The Labute approximate surface area is 101 Å². The average Bonchev–Trinajstić information content (AvgIpc) is 2.28. The van der Waals surface area contributed by atoms with Crippen molar-refractivity contribution in [2.24, 2.45) is 0 Å². The molecular formula is C11H9F3N2O2. The molecule has 0 bridgehead atoms. The van der Waals surface area contributed by atoms with E-state index in [1.54, 1.807) is 17.6 Å². The first-order valence-electron chi connectivity index (χ1n) is 4.87. The summed E-state index contributed by atoms with van der Waals surface area (Å²) in [5.74, 6) is -0.691. The third kappa shape index (κ3) is 5.32. The average molecular weight is 258 g/mol. The highest BCUT2D eigenvalue weighted by Crippen LogP contribution is 2.13. The number of nitrogens with zero attached hydrogens (tertiary/aromatic N) is 1. The molecule has 1 rings (SSSR count). The van der Waals surface area contributed by atoms with E-state index < -0.39 is 18.7 Å². The maximum absolute atomic E-state index is 11.7. The Bertz CT molecular complexity index is 449. The zero-order valence-corrected chi connectivity index (χ0v) is 9.12. The van der Waals surface area contributed by atoms with Gasteiger partial charge in [0.15, 0.2) is 6.61 Å². The third-order valence-electron chi connectivity index (χ3n) is 1.87. The quantitative estimate of drug-likeness (QED) is 0.836. The molecule has 96 valence electrons. The monoisotopic (exact) mass is 258 g/mol. The molecule has 1 aromatic rings. The summed E-state index contributed by atoms with van der Waals surface area (Å²) in [6.07, 6.45) is -4.61. The predicted octanol–water partition coefficient (Wildman–Crippen LogP) is 1.71. The normalized spacial score (nSPS) is 10.8. The van der Waals surface area contributed by atoms with Crippen molar-refractivity contribution in [3.8, 4) is 6.07 Å². The number of halogens is 3. The van der Waals surface area contributed by atoms with E-state index in [1.807, 2.05) is 6.07 Å². The molecule has 0 unspecified atom stereocenters. The number of benzene rings is 1.